The van der Waals surface area contributed by atoms with Crippen LogP contribution >= 0.6 is 0 Å². The third-order valence-corrected chi connectivity index (χ3v) is 3.21. The van der Waals surface area contributed by atoms with Gasteiger partial charge in [0.2, 0.25) is 0 Å². The maximum absolute atomic E-state index is 6.07. The quantitative estimate of drug-likeness (QED) is 0.857. The highest BCUT2D eigenvalue weighted by molar-refractivity contribution is 5.80. The van der Waals surface area contributed by atoms with E-state index in [4.69, 9.17) is 5.73 Å². The van der Waals surface area contributed by atoms with Crippen molar-refractivity contribution in [3.8, 4) is 0 Å². The Balaban J connectivity index is 1.62. The molecule has 0 amide bonds. The molecule has 0 saturated heterocycles. The number of hydrogen-bond donors (Lipinski definition) is 2. The van der Waals surface area contributed by atoms with Crippen molar-refractivity contribution in [1.29, 1.82) is 0 Å². The number of nitrogens with one attached hydrogen (secondary N) is 1. The highest BCUT2D eigenvalue weighted by atomic mass is 15.3. The summed E-state index contributed by atoms with van der Waals surface area (Å²) < 4.78 is 1.79. The zero-order valence-electron chi connectivity index (χ0n) is 11.0. The summed E-state index contributed by atoms with van der Waals surface area (Å²) in [5.74, 6) is 0.753. The van der Waals surface area contributed by atoms with Gasteiger partial charge in [0.05, 0.1) is 12.2 Å². The van der Waals surface area contributed by atoms with Crippen LogP contribution in [0.5, 0.6) is 0 Å². The molecule has 1 aliphatic heterocycles. The summed E-state index contributed by atoms with van der Waals surface area (Å²) >= 11 is 0. The van der Waals surface area contributed by atoms with Crippen LogP contribution in [0.1, 0.15) is 0 Å². The van der Waals surface area contributed by atoms with Crippen LogP contribution in [0.4, 0.5) is 11.5 Å². The first-order valence-corrected chi connectivity index (χ1v) is 6.33. The lowest BCUT2D eigenvalue weighted by molar-refractivity contribution is 0.304. The predicted octanol–water partition coefficient (Wildman–Crippen LogP) is 1.00. The largest absolute Gasteiger partial charge is 0.394 e. The van der Waals surface area contributed by atoms with Gasteiger partial charge in [0.15, 0.2) is 5.82 Å². The van der Waals surface area contributed by atoms with Crippen LogP contribution in [0.3, 0.4) is 0 Å². The molecular formula is C13H18N6. The van der Waals surface area contributed by atoms with Crippen molar-refractivity contribution < 1.29 is 0 Å². The number of nitrogens with zero attached hydrogens (tertiary/aromatic N) is 4. The average molecular weight is 258 g/mol. The molecule has 3 rings (SSSR count). The molecule has 1 aliphatic rings. The SMILES string of the molecule is CN1C=CN(CCNc2nn3ccccc3c2N)C1. The average Bonchev–Trinajstić information content (AvgIpc) is 2.96. The van der Waals surface area contributed by atoms with Crippen molar-refractivity contribution in [2.45, 2.75) is 0 Å². The van der Waals surface area contributed by atoms with E-state index in [1.165, 1.54) is 0 Å². The number of nitrogen functional groups attached to an aromatic ring is 1. The molecule has 0 bridgehead atoms. The summed E-state index contributed by atoms with van der Waals surface area (Å²) in [5.41, 5.74) is 7.71. The van der Waals surface area contributed by atoms with Crippen molar-refractivity contribution in [1.82, 2.24) is 19.4 Å². The van der Waals surface area contributed by atoms with E-state index in [0.717, 1.165) is 31.1 Å². The van der Waals surface area contributed by atoms with Crippen LogP contribution in [0.15, 0.2) is 36.8 Å². The number of anilines is 2. The number of nitrogens with two attached hydrogens (primary N) is 1. The molecular weight excluding hydrogens is 240 g/mol. The summed E-state index contributed by atoms with van der Waals surface area (Å²) in [6.45, 7) is 2.67. The van der Waals surface area contributed by atoms with Crippen molar-refractivity contribution in [3.63, 3.8) is 0 Å². The molecule has 6 heteroatoms. The molecule has 0 aromatic carbocycles. The lowest BCUT2D eigenvalue weighted by Crippen LogP contribution is -2.27. The van der Waals surface area contributed by atoms with Crippen LogP contribution in [0.2, 0.25) is 0 Å². The molecule has 2 aromatic heterocycles. The molecule has 0 aliphatic carbocycles. The molecule has 0 atom stereocenters. The molecule has 100 valence electrons. The van der Waals surface area contributed by atoms with Crippen molar-refractivity contribution >= 4 is 17.0 Å². The molecule has 19 heavy (non-hydrogen) atoms. The Hall–Kier alpha value is -2.37. The maximum Gasteiger partial charge on any atom is 0.172 e. The molecule has 2 aromatic rings. The van der Waals surface area contributed by atoms with Gasteiger partial charge in [-0.1, -0.05) is 6.07 Å². The fourth-order valence-corrected chi connectivity index (χ4v) is 2.20. The Morgan fingerprint density at radius 2 is 2.26 bits per heavy atom. The zero-order valence-corrected chi connectivity index (χ0v) is 11.0. The van der Waals surface area contributed by atoms with Gasteiger partial charge in [-0.3, -0.25) is 0 Å². The number of pyridine rings is 1. The molecule has 0 spiro atoms. The van der Waals surface area contributed by atoms with E-state index >= 15 is 0 Å². The van der Waals surface area contributed by atoms with E-state index in [9.17, 15) is 0 Å². The Kier molecular flexibility index (Phi) is 2.91. The van der Waals surface area contributed by atoms with E-state index in [1.807, 2.05) is 24.4 Å². The normalized spacial score (nSPS) is 14.6. The second-order valence-electron chi connectivity index (χ2n) is 4.73. The molecule has 0 unspecified atom stereocenters. The van der Waals surface area contributed by atoms with Gasteiger partial charge in [0.1, 0.15) is 5.69 Å². The first-order chi connectivity index (χ1) is 9.24. The number of hydrogen-bond acceptors (Lipinski definition) is 5. The topological polar surface area (TPSA) is 61.8 Å². The number of fused-ring (bicyclic) bond motifs is 1. The van der Waals surface area contributed by atoms with Gasteiger partial charge in [-0.05, 0) is 12.1 Å². The monoisotopic (exact) mass is 258 g/mol. The van der Waals surface area contributed by atoms with Crippen molar-refractivity contribution in [2.24, 2.45) is 0 Å². The standard InChI is InChI=1S/C13H18N6/c1-17-8-9-18(10-17)7-5-15-13-12(14)11-4-2-3-6-19(11)16-13/h2-4,6,8-9H,5,7,10,14H2,1H3,(H,15,16). The Morgan fingerprint density at radius 3 is 3.00 bits per heavy atom. The minimum Gasteiger partial charge on any atom is -0.394 e. The van der Waals surface area contributed by atoms with Gasteiger partial charge < -0.3 is 20.9 Å². The first-order valence-electron chi connectivity index (χ1n) is 6.33. The van der Waals surface area contributed by atoms with E-state index in [0.29, 0.717) is 5.69 Å². The summed E-state index contributed by atoms with van der Waals surface area (Å²) in [6.07, 6.45) is 6.06. The molecule has 3 heterocycles. The van der Waals surface area contributed by atoms with Crippen LogP contribution < -0.4 is 11.1 Å². The van der Waals surface area contributed by atoms with Crippen LogP contribution in [0.25, 0.3) is 5.52 Å². The Bertz CT molecular complexity index is 602. The zero-order chi connectivity index (χ0) is 13.2. The van der Waals surface area contributed by atoms with E-state index in [-0.39, 0.29) is 0 Å². The van der Waals surface area contributed by atoms with Gasteiger partial charge in [-0.25, -0.2) is 4.52 Å². The highest BCUT2D eigenvalue weighted by Crippen LogP contribution is 2.22. The molecule has 3 N–H and O–H groups in total. The fraction of sp³-hybridized carbons (Fsp3) is 0.308. The minimum absolute atomic E-state index is 0.703. The summed E-state index contributed by atoms with van der Waals surface area (Å²) in [5, 5.41) is 7.72. The summed E-state index contributed by atoms with van der Waals surface area (Å²) in [7, 11) is 2.06. The third-order valence-electron chi connectivity index (χ3n) is 3.21. The summed E-state index contributed by atoms with van der Waals surface area (Å²) in [6, 6.07) is 5.86. The van der Waals surface area contributed by atoms with Gasteiger partial charge in [0, 0.05) is 38.7 Å². The third kappa shape index (κ3) is 2.29. The maximum atomic E-state index is 6.07. The van der Waals surface area contributed by atoms with Crippen molar-refractivity contribution in [3.05, 3.63) is 36.8 Å². The van der Waals surface area contributed by atoms with E-state index in [2.05, 4.69) is 39.7 Å². The van der Waals surface area contributed by atoms with Gasteiger partial charge in [0.25, 0.3) is 0 Å². The molecule has 6 nitrogen and oxygen atoms in total. The van der Waals surface area contributed by atoms with Crippen LogP contribution in [0, 0.1) is 0 Å². The minimum atomic E-state index is 0.703. The lowest BCUT2D eigenvalue weighted by Gasteiger charge is -2.18. The summed E-state index contributed by atoms with van der Waals surface area (Å²) in [4.78, 5) is 4.37. The van der Waals surface area contributed by atoms with Crippen molar-refractivity contribution in [2.75, 3.05) is 37.9 Å². The smallest absolute Gasteiger partial charge is 0.172 e. The van der Waals surface area contributed by atoms with Crippen LogP contribution in [-0.2, 0) is 0 Å². The predicted molar refractivity (Wildman–Crippen MR) is 76.6 cm³/mol. The Labute approximate surface area is 112 Å². The van der Waals surface area contributed by atoms with E-state index in [1.54, 1.807) is 4.52 Å². The van der Waals surface area contributed by atoms with Crippen LogP contribution in [-0.4, -0.2) is 46.2 Å². The second-order valence-corrected chi connectivity index (χ2v) is 4.73. The molecule has 0 saturated carbocycles. The fourth-order valence-electron chi connectivity index (χ4n) is 2.20. The molecule has 0 fully saturated rings. The van der Waals surface area contributed by atoms with Gasteiger partial charge in [-0.15, -0.1) is 5.10 Å². The van der Waals surface area contributed by atoms with Gasteiger partial charge in [-0.2, -0.15) is 0 Å². The lowest BCUT2D eigenvalue weighted by atomic mass is 10.3. The second kappa shape index (κ2) is 4.72. The number of rotatable bonds is 4. The molecule has 0 radical (unpaired) electrons. The highest BCUT2D eigenvalue weighted by Gasteiger charge is 2.10. The van der Waals surface area contributed by atoms with E-state index < -0.39 is 0 Å². The number of aromatic nitrogens is 2. The first kappa shape index (κ1) is 11.7. The Morgan fingerprint density at radius 1 is 1.37 bits per heavy atom. The van der Waals surface area contributed by atoms with Gasteiger partial charge >= 0.3 is 0 Å².